The molecule has 11 heteroatoms. The van der Waals surface area contributed by atoms with Gasteiger partial charge in [-0.3, -0.25) is 10.1 Å². The van der Waals surface area contributed by atoms with E-state index < -0.39 is 34.1 Å². The maximum atomic E-state index is 12.8. The minimum Gasteiger partial charge on any atom is -0.366 e. The van der Waals surface area contributed by atoms with Gasteiger partial charge in [-0.25, -0.2) is 0 Å². The topological polar surface area (TPSA) is 67.2 Å². The quantitative estimate of drug-likeness (QED) is 0.400. The van der Waals surface area contributed by atoms with Gasteiger partial charge in [-0.1, -0.05) is 13.8 Å². The van der Waals surface area contributed by atoms with Crippen LogP contribution >= 0.6 is 0 Å². The van der Waals surface area contributed by atoms with E-state index in [-0.39, 0.29) is 24.4 Å². The summed E-state index contributed by atoms with van der Waals surface area (Å²) in [5.41, 5.74) is -3.60. The molecule has 0 aliphatic heterocycles. The van der Waals surface area contributed by atoms with Crippen LogP contribution in [0.1, 0.15) is 31.4 Å². The number of rotatable bonds is 7. The van der Waals surface area contributed by atoms with Gasteiger partial charge < -0.3 is 10.6 Å². The molecule has 26 heavy (non-hydrogen) atoms. The largest absolute Gasteiger partial charge is 0.416 e. The van der Waals surface area contributed by atoms with Gasteiger partial charge in [0.1, 0.15) is 0 Å². The molecule has 0 fully saturated rings. The van der Waals surface area contributed by atoms with Crippen LogP contribution in [0.15, 0.2) is 30.2 Å². The lowest BCUT2D eigenvalue weighted by Gasteiger charge is -2.17. The molecule has 0 spiro atoms. The van der Waals surface area contributed by atoms with Crippen LogP contribution < -0.4 is 10.6 Å². The van der Waals surface area contributed by atoms with Crippen LogP contribution in [-0.4, -0.2) is 11.5 Å². The van der Waals surface area contributed by atoms with Crippen LogP contribution in [0.3, 0.4) is 0 Å². The first-order chi connectivity index (χ1) is 11.8. The molecule has 0 unspecified atom stereocenters. The minimum atomic E-state index is -5.00. The van der Waals surface area contributed by atoms with Crippen molar-refractivity contribution in [1.29, 1.82) is 0 Å². The first-order valence-corrected chi connectivity index (χ1v) is 7.44. The standard InChI is InChI=1S/C15H17F6N3O2/c1-9(2)3-4-22-13(8-24(25)26)23-12-6-10(14(16,17)18)5-11(7-12)15(19,20)21/h5-9,22-23H,3-4H2,1-2H3/b13-8+. The lowest BCUT2D eigenvalue weighted by Crippen LogP contribution is -2.23. The third kappa shape index (κ3) is 7.19. The average Bonchev–Trinajstić information content (AvgIpc) is 2.43. The Morgan fingerprint density at radius 3 is 2.00 bits per heavy atom. The summed E-state index contributed by atoms with van der Waals surface area (Å²) in [6.07, 6.45) is -8.98. The van der Waals surface area contributed by atoms with Crippen LogP contribution in [0, 0.1) is 16.0 Å². The normalized spacial score (nSPS) is 13.0. The van der Waals surface area contributed by atoms with E-state index in [1.165, 1.54) is 0 Å². The fourth-order valence-corrected chi connectivity index (χ4v) is 1.91. The molecular formula is C15H17F6N3O2. The summed E-state index contributed by atoms with van der Waals surface area (Å²) in [5, 5.41) is 15.4. The van der Waals surface area contributed by atoms with Crippen molar-refractivity contribution < 1.29 is 31.3 Å². The molecular weight excluding hydrogens is 368 g/mol. The van der Waals surface area contributed by atoms with Crippen molar-refractivity contribution in [3.05, 3.63) is 51.5 Å². The number of benzene rings is 1. The number of nitro groups is 1. The van der Waals surface area contributed by atoms with Crippen LogP contribution in [0.25, 0.3) is 0 Å². The average molecular weight is 385 g/mol. The zero-order valence-corrected chi connectivity index (χ0v) is 13.8. The number of anilines is 1. The van der Waals surface area contributed by atoms with Gasteiger partial charge in [0.25, 0.3) is 6.20 Å². The van der Waals surface area contributed by atoms with Crippen molar-refractivity contribution in [2.24, 2.45) is 5.92 Å². The number of alkyl halides is 6. The first-order valence-electron chi connectivity index (χ1n) is 7.44. The van der Waals surface area contributed by atoms with Crippen LogP contribution in [0.2, 0.25) is 0 Å². The summed E-state index contributed by atoms with van der Waals surface area (Å²) < 4.78 is 77.0. The van der Waals surface area contributed by atoms with E-state index in [4.69, 9.17) is 0 Å². The Labute approximate surface area is 145 Å². The van der Waals surface area contributed by atoms with E-state index in [1.807, 2.05) is 13.8 Å². The zero-order valence-electron chi connectivity index (χ0n) is 13.8. The Morgan fingerprint density at radius 1 is 1.12 bits per heavy atom. The van der Waals surface area contributed by atoms with Crippen molar-refractivity contribution in [3.8, 4) is 0 Å². The molecule has 0 aliphatic rings. The van der Waals surface area contributed by atoms with Crippen molar-refractivity contribution in [2.75, 3.05) is 11.9 Å². The van der Waals surface area contributed by atoms with E-state index in [9.17, 15) is 36.5 Å². The van der Waals surface area contributed by atoms with Crippen LogP contribution in [0.5, 0.6) is 0 Å². The summed E-state index contributed by atoms with van der Waals surface area (Å²) in [5.74, 6) is -0.0761. The molecule has 1 aromatic rings. The molecule has 0 aliphatic carbocycles. The highest BCUT2D eigenvalue weighted by atomic mass is 19.4. The molecule has 0 atom stereocenters. The van der Waals surface area contributed by atoms with Crippen molar-refractivity contribution in [1.82, 2.24) is 5.32 Å². The summed E-state index contributed by atoms with van der Waals surface area (Å²) in [6.45, 7) is 4.01. The summed E-state index contributed by atoms with van der Waals surface area (Å²) in [4.78, 5) is 9.77. The van der Waals surface area contributed by atoms with Crippen molar-refractivity contribution >= 4 is 5.69 Å². The first kappa shape index (κ1) is 21.6. The molecule has 2 N–H and O–H groups in total. The molecule has 0 amide bonds. The Morgan fingerprint density at radius 2 is 1.62 bits per heavy atom. The van der Waals surface area contributed by atoms with E-state index >= 15 is 0 Å². The number of halogens is 6. The van der Waals surface area contributed by atoms with Gasteiger partial charge in [0.2, 0.25) is 0 Å². The molecule has 0 aromatic heterocycles. The van der Waals surface area contributed by atoms with Crippen LogP contribution in [-0.2, 0) is 12.4 Å². The van der Waals surface area contributed by atoms with E-state index in [0.29, 0.717) is 24.8 Å². The predicted molar refractivity (Wildman–Crippen MR) is 82.6 cm³/mol. The Bertz CT molecular complexity index is 636. The Hall–Kier alpha value is -2.46. The molecule has 0 bridgehead atoms. The van der Waals surface area contributed by atoms with E-state index in [0.717, 1.165) is 0 Å². The van der Waals surface area contributed by atoms with E-state index in [1.54, 1.807) is 0 Å². The molecule has 1 rings (SSSR count). The maximum Gasteiger partial charge on any atom is 0.416 e. The molecule has 146 valence electrons. The molecule has 0 saturated heterocycles. The summed E-state index contributed by atoms with van der Waals surface area (Å²) in [6, 6.07) is 0.883. The third-order valence-electron chi connectivity index (χ3n) is 3.14. The summed E-state index contributed by atoms with van der Waals surface area (Å²) in [7, 11) is 0. The Balaban J connectivity index is 3.19. The van der Waals surface area contributed by atoms with Gasteiger partial charge in [0.05, 0.1) is 16.1 Å². The monoisotopic (exact) mass is 385 g/mol. The van der Waals surface area contributed by atoms with Gasteiger partial charge in [-0.05, 0) is 30.5 Å². The molecule has 0 saturated carbocycles. The highest BCUT2D eigenvalue weighted by molar-refractivity contribution is 5.53. The summed E-state index contributed by atoms with van der Waals surface area (Å²) >= 11 is 0. The minimum absolute atomic E-state index is 0.0196. The molecule has 1 aromatic carbocycles. The smallest absolute Gasteiger partial charge is 0.366 e. The number of hydrogen-bond donors (Lipinski definition) is 2. The SMILES string of the molecule is CC(C)CCN/C(=C\[N+](=O)[O-])Nc1cc(C(F)(F)F)cc(C(F)(F)F)c1. The maximum absolute atomic E-state index is 12.8. The second-order valence-electron chi connectivity index (χ2n) is 5.86. The fourth-order valence-electron chi connectivity index (χ4n) is 1.91. The van der Waals surface area contributed by atoms with Gasteiger partial charge in [0, 0.05) is 12.2 Å². The van der Waals surface area contributed by atoms with E-state index in [2.05, 4.69) is 10.6 Å². The lowest BCUT2D eigenvalue weighted by atomic mass is 10.1. The van der Waals surface area contributed by atoms with Crippen LogP contribution in [0.4, 0.5) is 32.0 Å². The highest BCUT2D eigenvalue weighted by Gasteiger charge is 2.37. The van der Waals surface area contributed by atoms with Crippen molar-refractivity contribution in [3.63, 3.8) is 0 Å². The Kier molecular flexibility index (Phi) is 6.87. The van der Waals surface area contributed by atoms with Gasteiger partial charge >= 0.3 is 12.4 Å². The molecule has 0 heterocycles. The second kappa shape index (κ2) is 8.28. The van der Waals surface area contributed by atoms with Gasteiger partial charge in [0.15, 0.2) is 5.82 Å². The van der Waals surface area contributed by atoms with Gasteiger partial charge in [-0.15, -0.1) is 0 Å². The molecule has 5 nitrogen and oxygen atoms in total. The zero-order chi connectivity index (χ0) is 20.1. The number of nitrogens with one attached hydrogen (secondary N) is 2. The van der Waals surface area contributed by atoms with Crippen molar-refractivity contribution in [2.45, 2.75) is 32.6 Å². The predicted octanol–water partition coefficient (Wildman–Crippen LogP) is 4.85. The third-order valence-corrected chi connectivity index (χ3v) is 3.14. The number of hydrogen-bond acceptors (Lipinski definition) is 4. The fraction of sp³-hybridized carbons (Fsp3) is 0.467. The lowest BCUT2D eigenvalue weighted by molar-refractivity contribution is -0.403. The van der Waals surface area contributed by atoms with Gasteiger partial charge in [-0.2, -0.15) is 26.3 Å². The molecule has 0 radical (unpaired) electrons. The second-order valence-corrected chi connectivity index (χ2v) is 5.86. The highest BCUT2D eigenvalue weighted by Crippen LogP contribution is 2.37. The number of nitrogens with zero attached hydrogens (tertiary/aromatic N) is 1.